The summed E-state index contributed by atoms with van der Waals surface area (Å²) in [7, 11) is 0. The zero-order valence-corrected chi connectivity index (χ0v) is 27.5. The first-order valence-corrected chi connectivity index (χ1v) is 15.4. The van der Waals surface area contributed by atoms with E-state index >= 15 is 0 Å². The van der Waals surface area contributed by atoms with Gasteiger partial charge in [0.25, 0.3) is 0 Å². The van der Waals surface area contributed by atoms with Crippen molar-refractivity contribution in [2.75, 3.05) is 26.4 Å². The number of carbonyl (C=O) groups is 3. The van der Waals surface area contributed by atoms with Crippen molar-refractivity contribution in [1.82, 2.24) is 0 Å². The van der Waals surface area contributed by atoms with E-state index in [1.807, 2.05) is 0 Å². The van der Waals surface area contributed by atoms with E-state index in [0.29, 0.717) is 34.1 Å². The summed E-state index contributed by atoms with van der Waals surface area (Å²) in [5.41, 5.74) is -0.858. The van der Waals surface area contributed by atoms with Crippen LogP contribution in [0.2, 0.25) is 0 Å². The molecule has 0 amide bonds. The van der Waals surface area contributed by atoms with E-state index in [4.69, 9.17) is 28.4 Å². The maximum absolute atomic E-state index is 13.0. The average Bonchev–Trinajstić information content (AvgIpc) is 3.08. The third kappa shape index (κ3) is 11.4. The summed E-state index contributed by atoms with van der Waals surface area (Å²) in [6, 6.07) is 10.0. The van der Waals surface area contributed by atoms with Gasteiger partial charge < -0.3 is 38.6 Å². The summed E-state index contributed by atoms with van der Waals surface area (Å²) in [5.74, 6) is -0.588. The van der Waals surface area contributed by atoms with Crippen molar-refractivity contribution >= 4 is 29.9 Å². The lowest BCUT2D eigenvalue weighted by Gasteiger charge is -2.41. The molecule has 0 spiro atoms. The zero-order chi connectivity index (χ0) is 35.8. The van der Waals surface area contributed by atoms with Gasteiger partial charge in [-0.1, -0.05) is 62.8 Å². The molecule has 0 radical (unpaired) electrons. The Balaban J connectivity index is 1.77. The molecule has 0 bridgehead atoms. The van der Waals surface area contributed by atoms with E-state index in [1.165, 1.54) is 12.2 Å². The Bertz CT molecular complexity index is 1570. The van der Waals surface area contributed by atoms with Gasteiger partial charge in [0, 0.05) is 25.0 Å². The second-order valence-electron chi connectivity index (χ2n) is 10.9. The molecule has 3 rings (SSSR count). The van der Waals surface area contributed by atoms with E-state index in [0.717, 1.165) is 19.1 Å². The van der Waals surface area contributed by atoms with Gasteiger partial charge in [-0.3, -0.25) is 4.79 Å². The third-order valence-electron chi connectivity index (χ3n) is 7.19. The zero-order valence-electron chi connectivity index (χ0n) is 27.5. The lowest BCUT2D eigenvalue weighted by Crippen LogP contribution is -2.57. The Kier molecular flexibility index (Phi) is 14.6. The number of ether oxygens (including phenoxy) is 6. The van der Waals surface area contributed by atoms with Crippen LogP contribution in [-0.2, 0) is 23.9 Å². The Morgan fingerprint density at radius 1 is 0.714 bits per heavy atom. The van der Waals surface area contributed by atoms with Crippen LogP contribution < -0.4 is 18.9 Å². The summed E-state index contributed by atoms with van der Waals surface area (Å²) in [6.45, 7) is 16.7. The number of hydrogen-bond acceptors (Lipinski definition) is 11. The molecule has 4 atom stereocenters. The quantitative estimate of drug-likeness (QED) is 0.118. The highest BCUT2D eigenvalue weighted by molar-refractivity contribution is 5.89. The summed E-state index contributed by atoms with van der Waals surface area (Å²) in [5, 5.41) is 21.8. The number of aliphatic hydroxyl groups is 2. The number of aliphatic hydroxyl groups excluding tert-OH is 1. The van der Waals surface area contributed by atoms with Gasteiger partial charge in [0.05, 0.1) is 6.10 Å². The Morgan fingerprint density at radius 2 is 1.14 bits per heavy atom. The van der Waals surface area contributed by atoms with Crippen molar-refractivity contribution in [2.45, 2.75) is 43.7 Å². The van der Waals surface area contributed by atoms with Crippen LogP contribution in [0, 0.1) is 0 Å². The molecule has 1 saturated carbocycles. The fraction of sp³-hybridized carbons (Fsp3) is 0.289. The second-order valence-corrected chi connectivity index (χ2v) is 10.9. The Hall–Kier alpha value is -5.39. The number of carbonyl (C=O) groups excluding carboxylic acids is 3. The van der Waals surface area contributed by atoms with E-state index in [-0.39, 0.29) is 26.4 Å². The number of rotatable bonds is 19. The molecule has 11 nitrogen and oxygen atoms in total. The summed E-state index contributed by atoms with van der Waals surface area (Å²) < 4.78 is 33.6. The first-order chi connectivity index (χ1) is 23.5. The maximum Gasteiger partial charge on any atom is 0.331 e. The molecule has 0 heterocycles. The van der Waals surface area contributed by atoms with Crippen LogP contribution in [-0.4, -0.2) is 78.3 Å². The van der Waals surface area contributed by atoms with Crippen LogP contribution >= 0.6 is 0 Å². The predicted molar refractivity (Wildman–Crippen MR) is 184 cm³/mol. The van der Waals surface area contributed by atoms with Gasteiger partial charge >= 0.3 is 11.9 Å². The normalized spacial score (nSPS) is 20.2. The predicted octanol–water partition coefficient (Wildman–Crippen LogP) is 4.97. The highest BCUT2D eigenvalue weighted by Gasteiger charge is 2.50. The van der Waals surface area contributed by atoms with Crippen molar-refractivity contribution in [3.8, 4) is 23.0 Å². The number of benzene rings is 2. The van der Waals surface area contributed by atoms with Crippen LogP contribution in [0.5, 0.6) is 23.0 Å². The molecule has 1 aliphatic carbocycles. The molecule has 0 aromatic heterocycles. The van der Waals surface area contributed by atoms with Crippen LogP contribution in [0.15, 0.2) is 99.2 Å². The molecular weight excluding hydrogens is 632 g/mol. The fourth-order valence-corrected chi connectivity index (χ4v) is 4.80. The van der Waals surface area contributed by atoms with Gasteiger partial charge in [-0.25, -0.2) is 9.59 Å². The summed E-state index contributed by atoms with van der Waals surface area (Å²) in [6.07, 6.45) is 6.44. The minimum atomic E-state index is -2.00. The molecule has 0 aliphatic heterocycles. The van der Waals surface area contributed by atoms with Crippen LogP contribution in [0.4, 0.5) is 0 Å². The van der Waals surface area contributed by atoms with Crippen LogP contribution in [0.1, 0.15) is 30.9 Å². The lowest BCUT2D eigenvalue weighted by molar-refractivity contribution is -0.197. The third-order valence-corrected chi connectivity index (χ3v) is 7.19. The highest BCUT2D eigenvalue weighted by Crippen LogP contribution is 2.34. The van der Waals surface area contributed by atoms with Gasteiger partial charge in [0.15, 0.2) is 34.9 Å². The molecule has 1 fully saturated rings. The number of ketones is 1. The van der Waals surface area contributed by atoms with Crippen molar-refractivity contribution in [3.63, 3.8) is 0 Å². The molecule has 0 unspecified atom stereocenters. The summed E-state index contributed by atoms with van der Waals surface area (Å²) >= 11 is 0. The average molecular weight is 675 g/mol. The minimum absolute atomic E-state index is 0.223. The fourth-order valence-electron chi connectivity index (χ4n) is 4.80. The lowest BCUT2D eigenvalue weighted by atomic mass is 9.77. The van der Waals surface area contributed by atoms with Gasteiger partial charge in [-0.2, -0.15) is 0 Å². The monoisotopic (exact) mass is 674 g/mol. The standard InChI is InChI=1S/C38H42O11/c1-6-18-44-30-14-10-27(22-32(30)46-20-8-3)12-16-35(41)48-34-25-38(43,26(5)39)24-29(40)37(34)49-36(42)17-13-28-11-15-31(45-19-7-2)33(23-28)47-21-9-4/h6-17,22-23,29,34,37,40,43H,1-4,18-21,24-25H2,5H3/b16-12-,17-13+/t29-,34-,37-,38+/m1/s1. The van der Waals surface area contributed by atoms with E-state index in [9.17, 15) is 24.6 Å². The van der Waals surface area contributed by atoms with Gasteiger partial charge in [-0.05, 0) is 54.5 Å². The molecule has 260 valence electrons. The van der Waals surface area contributed by atoms with E-state index in [2.05, 4.69) is 26.3 Å². The molecule has 11 heteroatoms. The molecule has 0 saturated heterocycles. The molecule has 2 aromatic rings. The van der Waals surface area contributed by atoms with Crippen LogP contribution in [0.3, 0.4) is 0 Å². The van der Waals surface area contributed by atoms with Crippen LogP contribution in [0.25, 0.3) is 12.2 Å². The number of Topliss-reactive ketones (excluding diaryl/α,β-unsaturated/α-hetero) is 1. The van der Waals surface area contributed by atoms with Crippen molar-refractivity contribution in [1.29, 1.82) is 0 Å². The van der Waals surface area contributed by atoms with Gasteiger partial charge in [0.2, 0.25) is 0 Å². The molecule has 1 aliphatic rings. The number of esters is 2. The Morgan fingerprint density at radius 3 is 1.57 bits per heavy atom. The smallest absolute Gasteiger partial charge is 0.331 e. The summed E-state index contributed by atoms with van der Waals surface area (Å²) in [4.78, 5) is 38.1. The molecule has 49 heavy (non-hydrogen) atoms. The first kappa shape index (κ1) is 38.1. The van der Waals surface area contributed by atoms with Crippen molar-refractivity contribution in [3.05, 3.63) is 110 Å². The highest BCUT2D eigenvalue weighted by atomic mass is 16.6. The topological polar surface area (TPSA) is 147 Å². The molecule has 2 N–H and O–H groups in total. The van der Waals surface area contributed by atoms with Gasteiger partial charge in [0.1, 0.15) is 38.1 Å². The number of hydrogen-bond donors (Lipinski definition) is 2. The van der Waals surface area contributed by atoms with E-state index in [1.54, 1.807) is 60.7 Å². The maximum atomic E-state index is 13.0. The van der Waals surface area contributed by atoms with Crippen molar-refractivity contribution < 1.29 is 53.0 Å². The first-order valence-electron chi connectivity index (χ1n) is 15.4. The molecular formula is C38H42O11. The Labute approximate surface area is 286 Å². The second kappa shape index (κ2) is 18.8. The molecule has 2 aromatic carbocycles. The van der Waals surface area contributed by atoms with Crippen molar-refractivity contribution in [2.24, 2.45) is 0 Å². The SMILES string of the molecule is C=CCOc1ccc(/C=C\C(=O)O[C@@H]2C[C@](O)(C(C)=O)C[C@@H](O)[C@H]2OC(=O)/C=C/c2ccc(OCC=C)c(OCC=C)c2)cc1OCC=C. The largest absolute Gasteiger partial charge is 0.486 e. The minimum Gasteiger partial charge on any atom is -0.486 e. The van der Waals surface area contributed by atoms with Gasteiger partial charge in [-0.15, -0.1) is 0 Å². The van der Waals surface area contributed by atoms with E-state index < -0.39 is 54.5 Å².